The number of nitriles is 1. The fraction of sp³-hybridized carbons (Fsp3) is 0.636. The molecule has 86 valence electrons. The summed E-state index contributed by atoms with van der Waals surface area (Å²) in [6.45, 7) is 2.62. The maximum absolute atomic E-state index is 8.99. The summed E-state index contributed by atoms with van der Waals surface area (Å²) in [5, 5.41) is 13.1. The van der Waals surface area contributed by atoms with E-state index in [4.69, 9.17) is 10.00 Å². The zero-order valence-electron chi connectivity index (χ0n) is 9.54. The molecule has 16 heavy (non-hydrogen) atoms. The number of nitrogens with one attached hydrogen (secondary N) is 1. The third kappa shape index (κ3) is 1.91. The maximum Gasteiger partial charge on any atom is 0.127 e. The van der Waals surface area contributed by atoms with Gasteiger partial charge < -0.3 is 10.1 Å². The highest BCUT2D eigenvalue weighted by molar-refractivity contribution is 7.10. The topological polar surface area (TPSA) is 57.9 Å². The predicted octanol–water partition coefficient (Wildman–Crippen LogP) is 2.30. The molecule has 0 spiro atoms. The number of methoxy groups -OCH3 is 1. The first-order valence-electron chi connectivity index (χ1n) is 5.36. The van der Waals surface area contributed by atoms with E-state index in [-0.39, 0.29) is 5.60 Å². The van der Waals surface area contributed by atoms with Crippen molar-refractivity contribution in [2.75, 3.05) is 19.0 Å². The van der Waals surface area contributed by atoms with Crippen LogP contribution in [0.5, 0.6) is 0 Å². The second-order valence-corrected chi connectivity index (χ2v) is 4.95. The first-order valence-corrected chi connectivity index (χ1v) is 6.13. The molecule has 0 amide bonds. The quantitative estimate of drug-likeness (QED) is 0.873. The van der Waals surface area contributed by atoms with Gasteiger partial charge in [-0.1, -0.05) is 0 Å². The van der Waals surface area contributed by atoms with Crippen LogP contribution in [-0.4, -0.2) is 23.6 Å². The average molecular weight is 237 g/mol. The lowest BCUT2D eigenvalue weighted by Gasteiger charge is -2.40. The molecule has 4 nitrogen and oxygen atoms in total. The minimum absolute atomic E-state index is 0.0232. The van der Waals surface area contributed by atoms with Gasteiger partial charge in [0.15, 0.2) is 0 Å². The van der Waals surface area contributed by atoms with Gasteiger partial charge in [-0.15, -0.1) is 0 Å². The van der Waals surface area contributed by atoms with Gasteiger partial charge in [0, 0.05) is 13.7 Å². The number of aryl methyl sites for hydroxylation is 1. The van der Waals surface area contributed by atoms with Crippen molar-refractivity contribution in [3.63, 3.8) is 0 Å². The van der Waals surface area contributed by atoms with E-state index < -0.39 is 0 Å². The SMILES string of the molecule is COC1(CNc2snc(C)c2C#N)CCC1. The summed E-state index contributed by atoms with van der Waals surface area (Å²) in [7, 11) is 1.75. The van der Waals surface area contributed by atoms with E-state index >= 15 is 0 Å². The summed E-state index contributed by atoms with van der Waals surface area (Å²) in [6.07, 6.45) is 3.41. The molecule has 1 heterocycles. The Labute approximate surface area is 99.4 Å². The molecule has 0 unspecified atom stereocenters. The van der Waals surface area contributed by atoms with Gasteiger partial charge in [-0.2, -0.15) is 9.64 Å². The summed E-state index contributed by atoms with van der Waals surface area (Å²) in [5.74, 6) is 0. The van der Waals surface area contributed by atoms with Crippen molar-refractivity contribution in [2.45, 2.75) is 31.8 Å². The lowest BCUT2D eigenvalue weighted by atomic mass is 9.80. The molecule has 0 saturated heterocycles. The van der Waals surface area contributed by atoms with Gasteiger partial charge in [0.05, 0.1) is 11.3 Å². The van der Waals surface area contributed by atoms with Crippen LogP contribution in [0.15, 0.2) is 0 Å². The van der Waals surface area contributed by atoms with Crippen LogP contribution in [0.2, 0.25) is 0 Å². The molecule has 0 atom stereocenters. The van der Waals surface area contributed by atoms with Gasteiger partial charge in [-0.3, -0.25) is 0 Å². The summed E-state index contributed by atoms with van der Waals surface area (Å²) < 4.78 is 9.69. The fourth-order valence-corrected chi connectivity index (χ4v) is 2.63. The molecule has 1 aliphatic carbocycles. The molecule has 0 radical (unpaired) electrons. The van der Waals surface area contributed by atoms with E-state index in [2.05, 4.69) is 15.8 Å². The van der Waals surface area contributed by atoms with Crippen molar-refractivity contribution < 1.29 is 4.74 Å². The maximum atomic E-state index is 8.99. The first-order chi connectivity index (χ1) is 7.71. The Morgan fingerprint density at radius 3 is 2.88 bits per heavy atom. The molecule has 0 aromatic carbocycles. The lowest BCUT2D eigenvalue weighted by Crippen LogP contribution is -2.45. The Bertz CT molecular complexity index is 412. The zero-order chi connectivity index (χ0) is 11.6. The van der Waals surface area contributed by atoms with Crippen LogP contribution in [0.3, 0.4) is 0 Å². The molecule has 1 aromatic heterocycles. The standard InChI is InChI=1S/C11H15N3OS/c1-8-9(6-12)10(16-14-8)13-7-11(15-2)4-3-5-11/h13H,3-5,7H2,1-2H3. The minimum atomic E-state index is -0.0232. The van der Waals surface area contributed by atoms with E-state index in [0.717, 1.165) is 30.1 Å². The Hall–Kier alpha value is -1.12. The molecule has 2 rings (SSSR count). The molecule has 1 saturated carbocycles. The summed E-state index contributed by atoms with van der Waals surface area (Å²) in [6, 6.07) is 2.18. The second-order valence-electron chi connectivity index (χ2n) is 4.18. The molecule has 0 aliphatic heterocycles. The molecule has 1 N–H and O–H groups in total. The first kappa shape index (κ1) is 11.4. The van der Waals surface area contributed by atoms with Crippen LogP contribution < -0.4 is 5.32 Å². The third-order valence-corrected chi connectivity index (χ3v) is 4.14. The molecule has 1 fully saturated rings. The Morgan fingerprint density at radius 1 is 1.62 bits per heavy atom. The lowest BCUT2D eigenvalue weighted by molar-refractivity contribution is -0.0600. The number of aromatic nitrogens is 1. The monoisotopic (exact) mass is 237 g/mol. The summed E-state index contributed by atoms with van der Waals surface area (Å²) in [4.78, 5) is 0. The number of nitrogens with zero attached hydrogens (tertiary/aromatic N) is 2. The van der Waals surface area contributed by atoms with Gasteiger partial charge in [0.25, 0.3) is 0 Å². The number of hydrogen-bond donors (Lipinski definition) is 1. The zero-order valence-corrected chi connectivity index (χ0v) is 10.4. The smallest absolute Gasteiger partial charge is 0.127 e. The molecular weight excluding hydrogens is 222 g/mol. The van der Waals surface area contributed by atoms with Crippen LogP contribution in [-0.2, 0) is 4.74 Å². The minimum Gasteiger partial charge on any atom is -0.376 e. The van der Waals surface area contributed by atoms with Crippen LogP contribution in [0.1, 0.15) is 30.5 Å². The van der Waals surface area contributed by atoms with Gasteiger partial charge in [-0.05, 0) is 37.7 Å². The Balaban J connectivity index is 2.02. The fourth-order valence-electron chi connectivity index (χ4n) is 1.89. The molecular formula is C11H15N3OS. The van der Waals surface area contributed by atoms with Gasteiger partial charge in [-0.25, -0.2) is 0 Å². The highest BCUT2D eigenvalue weighted by Crippen LogP contribution is 2.36. The van der Waals surface area contributed by atoms with E-state index in [9.17, 15) is 0 Å². The van der Waals surface area contributed by atoms with Crippen LogP contribution in [0.25, 0.3) is 0 Å². The highest BCUT2D eigenvalue weighted by atomic mass is 32.1. The van der Waals surface area contributed by atoms with Crippen LogP contribution >= 0.6 is 11.5 Å². The van der Waals surface area contributed by atoms with Gasteiger partial charge in [0.2, 0.25) is 0 Å². The number of anilines is 1. The molecule has 5 heteroatoms. The highest BCUT2D eigenvalue weighted by Gasteiger charge is 2.37. The van der Waals surface area contributed by atoms with E-state index in [1.165, 1.54) is 18.0 Å². The van der Waals surface area contributed by atoms with Crippen molar-refractivity contribution in [2.24, 2.45) is 0 Å². The van der Waals surface area contributed by atoms with E-state index in [1.807, 2.05) is 6.92 Å². The van der Waals surface area contributed by atoms with Crippen molar-refractivity contribution in [1.82, 2.24) is 4.37 Å². The van der Waals surface area contributed by atoms with Crippen LogP contribution in [0, 0.1) is 18.3 Å². The second kappa shape index (κ2) is 4.40. The van der Waals surface area contributed by atoms with E-state index in [1.54, 1.807) is 7.11 Å². The van der Waals surface area contributed by atoms with Crippen LogP contribution in [0.4, 0.5) is 5.00 Å². The van der Waals surface area contributed by atoms with Gasteiger partial charge in [0.1, 0.15) is 16.6 Å². The molecule has 0 bridgehead atoms. The predicted molar refractivity (Wildman–Crippen MR) is 63.6 cm³/mol. The summed E-state index contributed by atoms with van der Waals surface area (Å²) in [5.41, 5.74) is 1.44. The van der Waals surface area contributed by atoms with Crippen molar-refractivity contribution >= 4 is 16.5 Å². The third-order valence-electron chi connectivity index (χ3n) is 3.24. The normalized spacial score (nSPS) is 17.6. The summed E-state index contributed by atoms with van der Waals surface area (Å²) >= 11 is 1.35. The average Bonchev–Trinajstić information content (AvgIpc) is 2.58. The van der Waals surface area contributed by atoms with Crippen molar-refractivity contribution in [1.29, 1.82) is 5.26 Å². The number of rotatable bonds is 4. The molecule has 1 aliphatic rings. The number of ether oxygens (including phenoxy) is 1. The molecule has 1 aromatic rings. The van der Waals surface area contributed by atoms with Crippen molar-refractivity contribution in [3.05, 3.63) is 11.3 Å². The Kier molecular flexibility index (Phi) is 3.13. The largest absolute Gasteiger partial charge is 0.376 e. The van der Waals surface area contributed by atoms with Crippen molar-refractivity contribution in [3.8, 4) is 6.07 Å². The number of hydrogen-bond acceptors (Lipinski definition) is 5. The Morgan fingerprint density at radius 2 is 2.38 bits per heavy atom. The van der Waals surface area contributed by atoms with E-state index in [0.29, 0.717) is 5.56 Å². The van der Waals surface area contributed by atoms with Gasteiger partial charge >= 0.3 is 0 Å².